The number of nitrogens with zero attached hydrogens (tertiary/aromatic N) is 1. The van der Waals surface area contributed by atoms with Crippen LogP contribution in [0.3, 0.4) is 0 Å². The van der Waals surface area contributed by atoms with Crippen LogP contribution in [0.5, 0.6) is 0 Å². The number of rotatable bonds is 4. The molecule has 1 aromatic carbocycles. The lowest BCUT2D eigenvalue weighted by Gasteiger charge is -2.09. The molecular formula is C13H15BrN2O2S. The predicted octanol–water partition coefficient (Wildman–Crippen LogP) is 2.57. The molecule has 102 valence electrons. The van der Waals surface area contributed by atoms with E-state index in [1.54, 1.807) is 19.1 Å². The second-order valence-electron chi connectivity index (χ2n) is 4.42. The Morgan fingerprint density at radius 2 is 2.05 bits per heavy atom. The van der Waals surface area contributed by atoms with Crippen LogP contribution < -0.4 is 4.72 Å². The molecule has 0 saturated heterocycles. The Morgan fingerprint density at radius 3 is 2.68 bits per heavy atom. The highest BCUT2D eigenvalue weighted by Gasteiger charge is 2.16. The van der Waals surface area contributed by atoms with Crippen LogP contribution in [0.25, 0.3) is 0 Å². The highest BCUT2D eigenvalue weighted by atomic mass is 79.9. The van der Waals surface area contributed by atoms with Gasteiger partial charge in [-0.3, -0.25) is 0 Å². The smallest absolute Gasteiger partial charge is 0.241 e. The van der Waals surface area contributed by atoms with Gasteiger partial charge in [0.2, 0.25) is 10.0 Å². The normalized spacial score (nSPS) is 11.7. The summed E-state index contributed by atoms with van der Waals surface area (Å²) >= 11 is 3.29. The highest BCUT2D eigenvalue weighted by Crippen LogP contribution is 2.20. The average molecular weight is 343 g/mol. The van der Waals surface area contributed by atoms with Crippen LogP contribution in [0, 0.1) is 6.92 Å². The highest BCUT2D eigenvalue weighted by molar-refractivity contribution is 9.10. The van der Waals surface area contributed by atoms with Crippen molar-refractivity contribution < 1.29 is 8.42 Å². The minimum atomic E-state index is -3.49. The van der Waals surface area contributed by atoms with Gasteiger partial charge in [0.25, 0.3) is 0 Å². The van der Waals surface area contributed by atoms with Gasteiger partial charge in [0.05, 0.1) is 4.90 Å². The minimum Gasteiger partial charge on any atom is -0.357 e. The Bertz CT molecular complexity index is 692. The number of halogens is 1. The topological polar surface area (TPSA) is 51.1 Å². The molecule has 0 saturated carbocycles. The summed E-state index contributed by atoms with van der Waals surface area (Å²) in [6, 6.07) is 7.10. The summed E-state index contributed by atoms with van der Waals surface area (Å²) in [5.41, 5.74) is 1.66. The van der Waals surface area contributed by atoms with Crippen molar-refractivity contribution >= 4 is 26.0 Å². The first-order valence-corrected chi connectivity index (χ1v) is 8.03. The average Bonchev–Trinajstić information content (AvgIpc) is 2.76. The molecule has 0 unspecified atom stereocenters. The summed E-state index contributed by atoms with van der Waals surface area (Å²) in [4.78, 5) is 0.304. The first-order chi connectivity index (χ1) is 8.88. The molecule has 6 heteroatoms. The van der Waals surface area contributed by atoms with Gasteiger partial charge >= 0.3 is 0 Å². The third-order valence-corrected chi connectivity index (χ3v) is 4.84. The number of aromatic nitrogens is 1. The zero-order chi connectivity index (χ0) is 14.0. The number of hydrogen-bond donors (Lipinski definition) is 1. The van der Waals surface area contributed by atoms with Crippen LogP contribution in [0.2, 0.25) is 0 Å². The van der Waals surface area contributed by atoms with Crippen molar-refractivity contribution in [3.63, 3.8) is 0 Å². The van der Waals surface area contributed by atoms with Crippen molar-refractivity contribution in [2.75, 3.05) is 0 Å². The fraction of sp³-hybridized carbons (Fsp3) is 0.231. The van der Waals surface area contributed by atoms with Crippen molar-refractivity contribution in [1.29, 1.82) is 0 Å². The van der Waals surface area contributed by atoms with Crippen molar-refractivity contribution in [2.45, 2.75) is 18.4 Å². The van der Waals surface area contributed by atoms with Gasteiger partial charge in [0, 0.05) is 30.5 Å². The van der Waals surface area contributed by atoms with Gasteiger partial charge < -0.3 is 4.57 Å². The molecule has 0 spiro atoms. The molecule has 0 bridgehead atoms. The van der Waals surface area contributed by atoms with Gasteiger partial charge in [0.1, 0.15) is 0 Å². The van der Waals surface area contributed by atoms with E-state index in [2.05, 4.69) is 20.7 Å². The van der Waals surface area contributed by atoms with Crippen LogP contribution in [-0.2, 0) is 23.6 Å². The van der Waals surface area contributed by atoms with Gasteiger partial charge in [-0.25, -0.2) is 13.1 Å². The summed E-state index contributed by atoms with van der Waals surface area (Å²) in [5.74, 6) is 0. The summed E-state index contributed by atoms with van der Waals surface area (Å²) in [7, 11) is -1.59. The monoisotopic (exact) mass is 342 g/mol. The minimum absolute atomic E-state index is 0.287. The van der Waals surface area contributed by atoms with E-state index >= 15 is 0 Å². The molecule has 2 rings (SSSR count). The Balaban J connectivity index is 2.20. The standard InChI is InChI=1S/C13H15BrN2O2S/c1-10-3-4-12(14)7-13(10)19(17,18)15-8-11-5-6-16(2)9-11/h3-7,9,15H,8H2,1-2H3. The summed E-state index contributed by atoms with van der Waals surface area (Å²) in [6.07, 6.45) is 3.77. The molecule has 0 fully saturated rings. The number of nitrogens with one attached hydrogen (secondary N) is 1. The number of hydrogen-bond acceptors (Lipinski definition) is 2. The van der Waals surface area contributed by atoms with Gasteiger partial charge in [-0.05, 0) is 36.2 Å². The van der Waals surface area contributed by atoms with Crippen molar-refractivity contribution in [2.24, 2.45) is 7.05 Å². The molecule has 1 aromatic heterocycles. The lowest BCUT2D eigenvalue weighted by Crippen LogP contribution is -2.23. The van der Waals surface area contributed by atoms with Crippen molar-refractivity contribution in [1.82, 2.24) is 9.29 Å². The van der Waals surface area contributed by atoms with Gasteiger partial charge in [0.15, 0.2) is 0 Å². The van der Waals surface area contributed by atoms with Crippen LogP contribution in [0.4, 0.5) is 0 Å². The Morgan fingerprint density at radius 1 is 1.32 bits per heavy atom. The number of benzene rings is 1. The molecule has 19 heavy (non-hydrogen) atoms. The summed E-state index contributed by atoms with van der Waals surface area (Å²) in [6.45, 7) is 2.07. The lowest BCUT2D eigenvalue weighted by atomic mass is 10.2. The molecule has 0 aliphatic carbocycles. The van der Waals surface area contributed by atoms with Gasteiger partial charge in [-0.2, -0.15) is 0 Å². The van der Waals surface area contributed by atoms with E-state index in [0.717, 1.165) is 15.6 Å². The molecule has 0 aliphatic rings. The summed E-state index contributed by atoms with van der Waals surface area (Å²) < 4.78 is 29.7. The largest absolute Gasteiger partial charge is 0.357 e. The van der Waals surface area contributed by atoms with Gasteiger partial charge in [-0.1, -0.05) is 22.0 Å². The second-order valence-corrected chi connectivity index (χ2v) is 7.07. The maximum Gasteiger partial charge on any atom is 0.241 e. The van der Waals surface area contributed by atoms with Crippen LogP contribution >= 0.6 is 15.9 Å². The van der Waals surface area contributed by atoms with Crippen LogP contribution in [-0.4, -0.2) is 13.0 Å². The maximum atomic E-state index is 12.2. The van der Waals surface area contributed by atoms with Crippen molar-refractivity contribution in [3.05, 3.63) is 52.3 Å². The zero-order valence-corrected chi connectivity index (χ0v) is 13.1. The fourth-order valence-electron chi connectivity index (χ4n) is 1.79. The molecule has 1 heterocycles. The molecule has 2 aromatic rings. The molecule has 4 nitrogen and oxygen atoms in total. The van der Waals surface area contributed by atoms with E-state index in [1.807, 2.05) is 36.1 Å². The van der Waals surface area contributed by atoms with Crippen LogP contribution in [0.1, 0.15) is 11.1 Å². The first kappa shape index (κ1) is 14.3. The maximum absolute atomic E-state index is 12.2. The predicted molar refractivity (Wildman–Crippen MR) is 78.3 cm³/mol. The van der Waals surface area contributed by atoms with Gasteiger partial charge in [-0.15, -0.1) is 0 Å². The molecule has 0 atom stereocenters. The third kappa shape index (κ3) is 3.46. The van der Waals surface area contributed by atoms with E-state index in [0.29, 0.717) is 4.90 Å². The Hall–Kier alpha value is -1.11. The van der Waals surface area contributed by atoms with E-state index in [9.17, 15) is 8.42 Å². The van der Waals surface area contributed by atoms with E-state index < -0.39 is 10.0 Å². The Kier molecular flexibility index (Phi) is 4.13. The van der Waals surface area contributed by atoms with E-state index in [4.69, 9.17) is 0 Å². The number of aryl methyl sites for hydroxylation is 2. The quantitative estimate of drug-likeness (QED) is 0.928. The summed E-state index contributed by atoms with van der Waals surface area (Å²) in [5, 5.41) is 0. The van der Waals surface area contributed by atoms with E-state index in [-0.39, 0.29) is 6.54 Å². The molecule has 1 N–H and O–H groups in total. The first-order valence-electron chi connectivity index (χ1n) is 5.75. The Labute approximate surface area is 121 Å². The zero-order valence-electron chi connectivity index (χ0n) is 10.7. The molecule has 0 aliphatic heterocycles. The number of sulfonamides is 1. The van der Waals surface area contributed by atoms with Crippen molar-refractivity contribution in [3.8, 4) is 0 Å². The SMILES string of the molecule is Cc1ccc(Br)cc1S(=O)(=O)NCc1ccn(C)c1. The molecule has 0 radical (unpaired) electrons. The third-order valence-electron chi connectivity index (χ3n) is 2.80. The van der Waals surface area contributed by atoms with Crippen LogP contribution in [0.15, 0.2) is 46.0 Å². The fourth-order valence-corrected chi connectivity index (χ4v) is 3.58. The molecule has 0 amide bonds. The molecular weight excluding hydrogens is 328 g/mol. The van der Waals surface area contributed by atoms with E-state index in [1.165, 1.54) is 0 Å². The lowest BCUT2D eigenvalue weighted by molar-refractivity contribution is 0.580. The second kappa shape index (κ2) is 5.48.